The van der Waals surface area contributed by atoms with Gasteiger partial charge in [-0.05, 0) is 19.0 Å². The molecule has 1 N–H and O–H groups in total. The van der Waals surface area contributed by atoms with E-state index in [1.54, 1.807) is 6.92 Å². The molecule has 0 bridgehead atoms. The van der Waals surface area contributed by atoms with Gasteiger partial charge >= 0.3 is 5.97 Å². The molecule has 0 saturated carbocycles. The summed E-state index contributed by atoms with van der Waals surface area (Å²) in [6.07, 6.45) is 1.24. The number of amides is 1. The Labute approximate surface area is 93.3 Å². The first-order chi connectivity index (χ1) is 7.02. The summed E-state index contributed by atoms with van der Waals surface area (Å²) in [5.41, 5.74) is 0.503. The quantitative estimate of drug-likeness (QED) is 0.438. The van der Waals surface area contributed by atoms with Crippen molar-refractivity contribution in [2.45, 2.75) is 13.8 Å². The van der Waals surface area contributed by atoms with Crippen LogP contribution in [0.15, 0.2) is 11.8 Å². The average molecular weight is 233 g/mol. The molecule has 0 aliphatic carbocycles. The van der Waals surface area contributed by atoms with Crippen LogP contribution in [0.5, 0.6) is 0 Å². The number of hydrogen-bond acceptors (Lipinski definition) is 5. The van der Waals surface area contributed by atoms with Crippen LogP contribution < -0.4 is 0 Å². The summed E-state index contributed by atoms with van der Waals surface area (Å²) in [5, 5.41) is 0. The van der Waals surface area contributed by atoms with Crippen LogP contribution in [0.2, 0.25) is 0 Å². The van der Waals surface area contributed by atoms with E-state index >= 15 is 0 Å². The minimum Gasteiger partial charge on any atom is -0.466 e. The first kappa shape index (κ1) is 14.0. The van der Waals surface area contributed by atoms with E-state index in [0.29, 0.717) is 30.0 Å². The van der Waals surface area contributed by atoms with Gasteiger partial charge in [0, 0.05) is 31.0 Å². The summed E-state index contributed by atoms with van der Waals surface area (Å²) < 4.78 is 13.0. The molecule has 0 rings (SSSR count). The molecule has 0 aliphatic rings. The van der Waals surface area contributed by atoms with Crippen molar-refractivity contribution in [3.05, 3.63) is 11.8 Å². The van der Waals surface area contributed by atoms with Crippen LogP contribution in [-0.2, 0) is 14.3 Å². The third-order valence-corrected chi connectivity index (χ3v) is 2.11. The lowest BCUT2D eigenvalue weighted by Gasteiger charge is -2.20. The molecule has 0 saturated heterocycles. The van der Waals surface area contributed by atoms with Crippen LogP contribution in [0.25, 0.3) is 0 Å². The van der Waals surface area contributed by atoms with E-state index in [0.717, 1.165) is 0 Å². The van der Waals surface area contributed by atoms with Crippen molar-refractivity contribution in [3.63, 3.8) is 0 Å². The molecule has 0 aromatic carbocycles. The van der Waals surface area contributed by atoms with Crippen LogP contribution in [0.1, 0.15) is 13.8 Å². The van der Waals surface area contributed by atoms with Crippen molar-refractivity contribution in [1.82, 2.24) is 4.90 Å². The number of esters is 1. The monoisotopic (exact) mass is 233 g/mol. The molecule has 1 amide bonds. The second kappa shape index (κ2) is 7.30. The van der Waals surface area contributed by atoms with Gasteiger partial charge in [0.2, 0.25) is 5.91 Å². The molecule has 15 heavy (non-hydrogen) atoms. The molecule has 0 radical (unpaired) electrons. The Morgan fingerprint density at radius 2 is 2.07 bits per heavy atom. The molecular formula is C9H15NO4S. The van der Waals surface area contributed by atoms with Crippen molar-refractivity contribution in [2.75, 3.05) is 19.4 Å². The average Bonchev–Trinajstić information content (AvgIpc) is 2.17. The highest BCUT2D eigenvalue weighted by atomic mass is 32.2. The van der Waals surface area contributed by atoms with Gasteiger partial charge < -0.3 is 14.2 Å². The molecule has 0 atom stereocenters. The first-order valence-electron chi connectivity index (χ1n) is 4.33. The van der Waals surface area contributed by atoms with Crippen molar-refractivity contribution < 1.29 is 18.9 Å². The number of hydrogen-bond donors (Lipinski definition) is 1. The summed E-state index contributed by atoms with van der Waals surface area (Å²) in [6.45, 7) is 3.40. The fraction of sp³-hybridized carbons (Fsp3) is 0.556. The summed E-state index contributed by atoms with van der Waals surface area (Å²) in [7, 11) is 1.27. The van der Waals surface area contributed by atoms with Crippen molar-refractivity contribution in [3.8, 4) is 0 Å². The maximum atomic E-state index is 11.2. The maximum Gasteiger partial charge on any atom is 0.332 e. The van der Waals surface area contributed by atoms with Gasteiger partial charge in [-0.3, -0.25) is 4.79 Å². The van der Waals surface area contributed by atoms with Gasteiger partial charge in [-0.15, -0.1) is 0 Å². The molecule has 0 aromatic heterocycles. The SMILES string of the molecule is COC(=O)/C=C(\C)N(CCSO)C(C)=O. The third kappa shape index (κ3) is 5.44. The topological polar surface area (TPSA) is 66.8 Å². The number of carbonyl (C=O) groups is 2. The maximum absolute atomic E-state index is 11.2. The Kier molecular flexibility index (Phi) is 6.81. The number of carbonyl (C=O) groups excluding carboxylic acids is 2. The van der Waals surface area contributed by atoms with Crippen LogP contribution >= 0.6 is 12.0 Å². The zero-order valence-corrected chi connectivity index (χ0v) is 9.84. The van der Waals surface area contributed by atoms with E-state index in [4.69, 9.17) is 4.55 Å². The van der Waals surface area contributed by atoms with Crippen molar-refractivity contribution >= 4 is 23.9 Å². The van der Waals surface area contributed by atoms with E-state index in [9.17, 15) is 9.59 Å². The van der Waals surface area contributed by atoms with Crippen LogP contribution in [-0.4, -0.2) is 40.7 Å². The molecule has 0 heterocycles. The summed E-state index contributed by atoms with van der Waals surface area (Å²) >= 11 is 0.652. The summed E-state index contributed by atoms with van der Waals surface area (Å²) in [6, 6.07) is 0. The number of allylic oxidation sites excluding steroid dienone is 1. The second-order valence-corrected chi connectivity index (χ2v) is 3.48. The highest BCUT2D eigenvalue weighted by Gasteiger charge is 2.11. The van der Waals surface area contributed by atoms with Crippen LogP contribution in [0.4, 0.5) is 0 Å². The van der Waals surface area contributed by atoms with Crippen LogP contribution in [0, 0.1) is 0 Å². The van der Waals surface area contributed by atoms with Crippen molar-refractivity contribution in [1.29, 1.82) is 0 Å². The number of rotatable bonds is 5. The largest absolute Gasteiger partial charge is 0.466 e. The highest BCUT2D eigenvalue weighted by Crippen LogP contribution is 2.06. The molecule has 5 nitrogen and oxygen atoms in total. The smallest absolute Gasteiger partial charge is 0.332 e. The van der Waals surface area contributed by atoms with E-state index in [1.165, 1.54) is 25.0 Å². The first-order valence-corrected chi connectivity index (χ1v) is 5.28. The Balaban J connectivity index is 4.54. The third-order valence-electron chi connectivity index (χ3n) is 1.74. The predicted molar refractivity (Wildman–Crippen MR) is 58.2 cm³/mol. The van der Waals surface area contributed by atoms with Gasteiger partial charge in [-0.1, -0.05) is 0 Å². The number of nitrogens with zero attached hydrogens (tertiary/aromatic N) is 1. The Hall–Kier alpha value is -1.01. The number of ether oxygens (including phenoxy) is 1. The molecule has 86 valence electrons. The molecule has 6 heteroatoms. The van der Waals surface area contributed by atoms with Gasteiger partial charge in [-0.25, -0.2) is 4.79 Å². The Bertz CT molecular complexity index is 265. The van der Waals surface area contributed by atoms with Gasteiger partial charge in [0.15, 0.2) is 0 Å². The lowest BCUT2D eigenvalue weighted by atomic mass is 10.3. The lowest BCUT2D eigenvalue weighted by Crippen LogP contribution is -2.29. The summed E-state index contributed by atoms with van der Waals surface area (Å²) in [4.78, 5) is 23.5. The normalized spacial score (nSPS) is 11.1. The molecular weight excluding hydrogens is 218 g/mol. The Morgan fingerprint density at radius 3 is 2.47 bits per heavy atom. The van der Waals surface area contributed by atoms with E-state index in [-0.39, 0.29) is 5.91 Å². The van der Waals surface area contributed by atoms with E-state index < -0.39 is 5.97 Å². The minimum absolute atomic E-state index is 0.179. The molecule has 0 unspecified atom stereocenters. The minimum atomic E-state index is -0.504. The second-order valence-electron chi connectivity index (χ2n) is 2.81. The standard InChI is InChI=1S/C9H15NO4S/c1-7(6-9(12)14-3)10(8(2)11)4-5-15-13/h6,13H,4-5H2,1-3H3/b7-6+. The van der Waals surface area contributed by atoms with Gasteiger partial charge in [0.05, 0.1) is 7.11 Å². The number of methoxy groups -OCH3 is 1. The van der Waals surface area contributed by atoms with Crippen molar-refractivity contribution in [2.24, 2.45) is 0 Å². The fourth-order valence-electron chi connectivity index (χ4n) is 1.02. The zero-order chi connectivity index (χ0) is 11.8. The summed E-state index contributed by atoms with van der Waals surface area (Å²) in [5.74, 6) is -0.288. The lowest BCUT2D eigenvalue weighted by molar-refractivity contribution is -0.135. The van der Waals surface area contributed by atoms with E-state index in [2.05, 4.69) is 4.74 Å². The molecule has 0 aliphatic heterocycles. The van der Waals surface area contributed by atoms with Crippen LogP contribution in [0.3, 0.4) is 0 Å². The van der Waals surface area contributed by atoms with Gasteiger partial charge in [0.25, 0.3) is 0 Å². The molecule has 0 spiro atoms. The predicted octanol–water partition coefficient (Wildman–Crippen LogP) is 1.12. The molecule has 0 aromatic rings. The fourth-order valence-corrected chi connectivity index (χ4v) is 1.29. The molecule has 0 fully saturated rings. The van der Waals surface area contributed by atoms with Gasteiger partial charge in [-0.2, -0.15) is 0 Å². The van der Waals surface area contributed by atoms with Gasteiger partial charge in [0.1, 0.15) is 0 Å². The highest BCUT2D eigenvalue weighted by molar-refractivity contribution is 7.93. The van der Waals surface area contributed by atoms with E-state index in [1.807, 2.05) is 0 Å². The zero-order valence-electron chi connectivity index (χ0n) is 9.02. The Morgan fingerprint density at radius 1 is 1.47 bits per heavy atom.